The summed E-state index contributed by atoms with van der Waals surface area (Å²) in [6.07, 6.45) is -1.50. The summed E-state index contributed by atoms with van der Waals surface area (Å²) in [7, 11) is -3.31. The van der Waals surface area contributed by atoms with E-state index in [0.29, 0.717) is 0 Å². The molecule has 17 heavy (non-hydrogen) atoms. The van der Waals surface area contributed by atoms with Gasteiger partial charge in [0, 0.05) is 0 Å². The van der Waals surface area contributed by atoms with Crippen LogP contribution in [0, 0.1) is 0 Å². The molecule has 0 aromatic carbocycles. The van der Waals surface area contributed by atoms with Gasteiger partial charge in [-0.1, -0.05) is 0 Å². The van der Waals surface area contributed by atoms with Gasteiger partial charge >= 0.3 is 13.6 Å². The highest BCUT2D eigenvalue weighted by atomic mass is 31.2. The molecule has 0 rings (SSSR count). The molecule has 0 spiro atoms. The van der Waals surface area contributed by atoms with E-state index in [2.05, 4.69) is 4.74 Å². The number of rotatable bonds is 9. The molecule has 0 heterocycles. The second kappa shape index (κ2) is 8.64. The molecule has 0 fully saturated rings. The average molecular weight is 268 g/mol. The second-order valence-electron chi connectivity index (χ2n) is 3.29. The van der Waals surface area contributed by atoms with E-state index >= 15 is 0 Å². The molecular weight excluding hydrogens is 247 g/mol. The largest absolute Gasteiger partial charge is 0.466 e. The van der Waals surface area contributed by atoms with Gasteiger partial charge in [-0.3, -0.25) is 9.36 Å². The van der Waals surface area contributed by atoms with Crippen molar-refractivity contribution in [2.45, 2.75) is 33.3 Å². The van der Waals surface area contributed by atoms with Crippen molar-refractivity contribution in [1.82, 2.24) is 0 Å². The van der Waals surface area contributed by atoms with Gasteiger partial charge in [0.25, 0.3) is 0 Å². The van der Waals surface area contributed by atoms with Crippen molar-refractivity contribution in [1.29, 1.82) is 0 Å². The third-order valence-corrected chi connectivity index (χ3v) is 3.97. The average Bonchev–Trinajstić information content (AvgIpc) is 2.17. The fourth-order valence-corrected chi connectivity index (χ4v) is 2.99. The number of carbonyl (C=O) groups is 1. The minimum absolute atomic E-state index is 0.201. The zero-order valence-corrected chi connectivity index (χ0v) is 11.4. The summed E-state index contributed by atoms with van der Waals surface area (Å²) < 4.78 is 26.7. The molecule has 1 unspecified atom stereocenters. The number of aliphatic hydroxyl groups is 1. The molecule has 0 bridgehead atoms. The molecule has 1 N–H and O–H groups in total. The van der Waals surface area contributed by atoms with Crippen LogP contribution in [0.3, 0.4) is 0 Å². The molecule has 0 amide bonds. The normalized spacial score (nSPS) is 13.4. The quantitative estimate of drug-likeness (QED) is 0.505. The Bertz CT molecular complexity index is 258. The van der Waals surface area contributed by atoms with Crippen LogP contribution in [0.15, 0.2) is 0 Å². The van der Waals surface area contributed by atoms with Crippen molar-refractivity contribution in [3.8, 4) is 0 Å². The standard InChI is InChI=1S/C10H21O6P/c1-4-14-10(12)7-9(11)8-17(13,15-5-2)16-6-3/h9,11H,4-8H2,1-3H3. The first kappa shape index (κ1) is 16.6. The monoisotopic (exact) mass is 268 g/mol. The third-order valence-electron chi connectivity index (χ3n) is 1.79. The molecule has 0 aliphatic carbocycles. The van der Waals surface area contributed by atoms with Gasteiger partial charge in [0.15, 0.2) is 0 Å². The zero-order chi connectivity index (χ0) is 13.3. The Morgan fingerprint density at radius 2 is 1.71 bits per heavy atom. The lowest BCUT2D eigenvalue weighted by Crippen LogP contribution is -2.20. The van der Waals surface area contributed by atoms with Gasteiger partial charge in [-0.05, 0) is 20.8 Å². The molecule has 7 heteroatoms. The van der Waals surface area contributed by atoms with Crippen LogP contribution in [0.2, 0.25) is 0 Å². The summed E-state index contributed by atoms with van der Waals surface area (Å²) >= 11 is 0. The number of esters is 1. The Morgan fingerprint density at radius 1 is 1.18 bits per heavy atom. The lowest BCUT2D eigenvalue weighted by atomic mass is 10.3. The number of hydrogen-bond donors (Lipinski definition) is 1. The number of carbonyl (C=O) groups excluding carboxylic acids is 1. The molecule has 6 nitrogen and oxygen atoms in total. The van der Waals surface area contributed by atoms with Crippen molar-refractivity contribution in [2.75, 3.05) is 26.0 Å². The van der Waals surface area contributed by atoms with Crippen molar-refractivity contribution in [2.24, 2.45) is 0 Å². The first-order chi connectivity index (χ1) is 7.97. The van der Waals surface area contributed by atoms with E-state index in [0.717, 1.165) is 0 Å². The Kier molecular flexibility index (Phi) is 8.43. The van der Waals surface area contributed by atoms with Gasteiger partial charge in [-0.15, -0.1) is 0 Å². The van der Waals surface area contributed by atoms with E-state index in [1.54, 1.807) is 20.8 Å². The van der Waals surface area contributed by atoms with E-state index in [1.165, 1.54) is 0 Å². The molecule has 0 saturated carbocycles. The Morgan fingerprint density at radius 3 is 2.12 bits per heavy atom. The van der Waals surface area contributed by atoms with Crippen LogP contribution in [0.5, 0.6) is 0 Å². The van der Waals surface area contributed by atoms with Crippen molar-refractivity contribution >= 4 is 13.6 Å². The van der Waals surface area contributed by atoms with Gasteiger partial charge in [0.05, 0.1) is 38.5 Å². The van der Waals surface area contributed by atoms with Gasteiger partial charge in [-0.2, -0.15) is 0 Å². The summed E-state index contributed by atoms with van der Waals surface area (Å²) in [5.41, 5.74) is 0. The minimum atomic E-state index is -3.31. The molecule has 0 aromatic heterocycles. The van der Waals surface area contributed by atoms with Gasteiger partial charge in [0.2, 0.25) is 0 Å². The van der Waals surface area contributed by atoms with Crippen molar-refractivity contribution in [3.05, 3.63) is 0 Å². The van der Waals surface area contributed by atoms with Gasteiger partial charge in [0.1, 0.15) is 0 Å². The van der Waals surface area contributed by atoms with E-state index in [9.17, 15) is 14.5 Å². The Balaban J connectivity index is 4.25. The molecule has 1 atom stereocenters. The van der Waals surface area contributed by atoms with Crippen LogP contribution in [0.1, 0.15) is 27.2 Å². The smallest absolute Gasteiger partial charge is 0.333 e. The number of ether oxygens (including phenoxy) is 1. The Hall–Kier alpha value is -0.420. The minimum Gasteiger partial charge on any atom is -0.466 e. The van der Waals surface area contributed by atoms with Crippen LogP contribution >= 0.6 is 7.60 Å². The lowest BCUT2D eigenvalue weighted by Gasteiger charge is -2.19. The molecular formula is C10H21O6P. The van der Waals surface area contributed by atoms with E-state index in [4.69, 9.17) is 9.05 Å². The van der Waals surface area contributed by atoms with Gasteiger partial charge < -0.3 is 18.9 Å². The summed E-state index contributed by atoms with van der Waals surface area (Å²) in [4.78, 5) is 11.1. The fourth-order valence-electron chi connectivity index (χ4n) is 1.27. The van der Waals surface area contributed by atoms with Crippen LogP contribution in [0.4, 0.5) is 0 Å². The van der Waals surface area contributed by atoms with E-state index in [1.807, 2.05) is 0 Å². The highest BCUT2D eigenvalue weighted by molar-refractivity contribution is 7.53. The molecule has 0 aromatic rings. The van der Waals surface area contributed by atoms with Crippen LogP contribution < -0.4 is 0 Å². The second-order valence-corrected chi connectivity index (χ2v) is 5.40. The fraction of sp³-hybridized carbons (Fsp3) is 0.900. The molecule has 0 aliphatic heterocycles. The Labute approximate surface area is 102 Å². The van der Waals surface area contributed by atoms with Crippen LogP contribution in [-0.2, 0) is 23.1 Å². The molecule has 0 radical (unpaired) electrons. The number of aliphatic hydroxyl groups excluding tert-OH is 1. The topological polar surface area (TPSA) is 82.1 Å². The number of hydrogen-bond acceptors (Lipinski definition) is 6. The summed E-state index contributed by atoms with van der Waals surface area (Å²) in [5.74, 6) is -0.528. The summed E-state index contributed by atoms with van der Waals surface area (Å²) in [6, 6.07) is 0. The molecule has 0 saturated heterocycles. The van der Waals surface area contributed by atoms with Crippen molar-refractivity contribution < 1.29 is 28.3 Å². The predicted molar refractivity (Wildman–Crippen MR) is 63.0 cm³/mol. The van der Waals surface area contributed by atoms with E-state index in [-0.39, 0.29) is 32.4 Å². The maximum absolute atomic E-state index is 12.0. The lowest BCUT2D eigenvalue weighted by molar-refractivity contribution is -0.145. The first-order valence-corrected chi connectivity index (χ1v) is 7.42. The first-order valence-electron chi connectivity index (χ1n) is 5.69. The SMILES string of the molecule is CCOC(=O)CC(O)CP(=O)(OCC)OCC. The molecule has 0 aliphatic rings. The maximum atomic E-state index is 12.0. The van der Waals surface area contributed by atoms with Crippen molar-refractivity contribution in [3.63, 3.8) is 0 Å². The zero-order valence-electron chi connectivity index (χ0n) is 10.5. The van der Waals surface area contributed by atoms with Gasteiger partial charge in [-0.25, -0.2) is 0 Å². The van der Waals surface area contributed by atoms with Crippen LogP contribution in [0.25, 0.3) is 0 Å². The third kappa shape index (κ3) is 7.49. The summed E-state index contributed by atoms with van der Waals surface area (Å²) in [5, 5.41) is 9.60. The highest BCUT2D eigenvalue weighted by Gasteiger charge is 2.28. The van der Waals surface area contributed by atoms with E-state index < -0.39 is 19.7 Å². The van der Waals surface area contributed by atoms with Crippen LogP contribution in [-0.4, -0.2) is 43.2 Å². The molecule has 102 valence electrons. The highest BCUT2D eigenvalue weighted by Crippen LogP contribution is 2.48. The predicted octanol–water partition coefficient (Wildman–Crippen LogP) is 1.57. The maximum Gasteiger partial charge on any atom is 0.333 e. The summed E-state index contributed by atoms with van der Waals surface area (Å²) in [6.45, 7) is 5.75.